The van der Waals surface area contributed by atoms with Crippen LogP contribution in [0.3, 0.4) is 0 Å². The van der Waals surface area contributed by atoms with Gasteiger partial charge in [0.15, 0.2) is 11.6 Å². The number of rotatable bonds is 8. The number of halogens is 2. The molecule has 8 heteroatoms. The average Bonchev–Trinajstić information content (AvgIpc) is 3.34. The number of aromatic nitrogens is 1. The molecule has 1 aromatic heterocycles. The van der Waals surface area contributed by atoms with Gasteiger partial charge in [0.25, 0.3) is 5.91 Å². The summed E-state index contributed by atoms with van der Waals surface area (Å²) < 4.78 is 6.08. The average molecular weight is 499 g/mol. The summed E-state index contributed by atoms with van der Waals surface area (Å²) in [7, 11) is 0. The molecule has 1 amide bonds. The molecule has 0 radical (unpaired) electrons. The standard InChI is InChI=1S/C26H28Cl2N4O2/c1-16(24-21(27)5-2-6-22(24)28)34-23-14-19(15-32-25(23)29)17-7-9-18(10-8-17)26(33)31-13-11-20-4-3-12-30-20/h2,5-10,14-16,20,30H,3-4,11-13H2,1H3,(H2,29,32)(H,31,33). The van der Waals surface area contributed by atoms with E-state index in [-0.39, 0.29) is 11.7 Å². The molecule has 178 valence electrons. The summed E-state index contributed by atoms with van der Waals surface area (Å²) in [4.78, 5) is 16.8. The van der Waals surface area contributed by atoms with Crippen molar-refractivity contribution in [3.8, 4) is 16.9 Å². The van der Waals surface area contributed by atoms with E-state index in [4.69, 9.17) is 33.7 Å². The number of nitrogens with one attached hydrogen (secondary N) is 2. The number of amides is 1. The Morgan fingerprint density at radius 3 is 2.62 bits per heavy atom. The zero-order valence-electron chi connectivity index (χ0n) is 19.0. The third-order valence-corrected chi connectivity index (χ3v) is 6.67. The topological polar surface area (TPSA) is 89.3 Å². The lowest BCUT2D eigenvalue weighted by Gasteiger charge is -2.19. The molecule has 1 fully saturated rings. The largest absolute Gasteiger partial charge is 0.482 e. The van der Waals surface area contributed by atoms with Gasteiger partial charge in [-0.15, -0.1) is 0 Å². The van der Waals surface area contributed by atoms with E-state index in [9.17, 15) is 4.79 Å². The first-order valence-corrected chi connectivity index (χ1v) is 12.2. The maximum absolute atomic E-state index is 12.5. The zero-order valence-corrected chi connectivity index (χ0v) is 20.5. The molecule has 4 rings (SSSR count). The van der Waals surface area contributed by atoms with Crippen LogP contribution >= 0.6 is 23.2 Å². The van der Waals surface area contributed by atoms with E-state index in [1.54, 1.807) is 24.4 Å². The lowest BCUT2D eigenvalue weighted by molar-refractivity contribution is 0.0952. The summed E-state index contributed by atoms with van der Waals surface area (Å²) >= 11 is 12.6. The van der Waals surface area contributed by atoms with Crippen molar-refractivity contribution in [3.05, 3.63) is 75.9 Å². The van der Waals surface area contributed by atoms with Crippen LogP contribution in [0.4, 0.5) is 5.82 Å². The highest BCUT2D eigenvalue weighted by Gasteiger charge is 2.18. The molecule has 0 spiro atoms. The van der Waals surface area contributed by atoms with Gasteiger partial charge in [-0.05, 0) is 68.6 Å². The fraction of sp³-hybridized carbons (Fsp3) is 0.308. The van der Waals surface area contributed by atoms with Gasteiger partial charge in [0.1, 0.15) is 6.10 Å². The SMILES string of the molecule is CC(Oc1cc(-c2ccc(C(=O)NCCC3CCCN3)cc2)cnc1N)c1c(Cl)cccc1Cl. The molecule has 1 saturated heterocycles. The summed E-state index contributed by atoms with van der Waals surface area (Å²) in [5, 5.41) is 7.49. The minimum absolute atomic E-state index is 0.0746. The third kappa shape index (κ3) is 5.81. The normalized spacial score (nSPS) is 16.3. The number of carbonyl (C=O) groups excluding carboxylic acids is 1. The van der Waals surface area contributed by atoms with E-state index < -0.39 is 6.10 Å². The van der Waals surface area contributed by atoms with Gasteiger partial charge < -0.3 is 21.1 Å². The van der Waals surface area contributed by atoms with E-state index in [0.29, 0.717) is 39.5 Å². The van der Waals surface area contributed by atoms with Crippen molar-refractivity contribution in [2.75, 3.05) is 18.8 Å². The van der Waals surface area contributed by atoms with Gasteiger partial charge >= 0.3 is 0 Å². The quantitative estimate of drug-likeness (QED) is 0.373. The molecule has 6 nitrogen and oxygen atoms in total. The summed E-state index contributed by atoms with van der Waals surface area (Å²) in [6, 6.07) is 15.0. The molecule has 3 aromatic rings. The Morgan fingerprint density at radius 1 is 1.21 bits per heavy atom. The number of nitrogens with two attached hydrogens (primary N) is 1. The van der Waals surface area contributed by atoms with Crippen LogP contribution in [-0.4, -0.2) is 30.0 Å². The van der Waals surface area contributed by atoms with E-state index >= 15 is 0 Å². The van der Waals surface area contributed by atoms with E-state index in [0.717, 1.165) is 24.1 Å². The highest BCUT2D eigenvalue weighted by molar-refractivity contribution is 6.36. The monoisotopic (exact) mass is 498 g/mol. The zero-order chi connectivity index (χ0) is 24.1. The molecule has 0 saturated carbocycles. The first-order chi connectivity index (χ1) is 16.4. The van der Waals surface area contributed by atoms with Crippen LogP contribution in [0, 0.1) is 0 Å². The maximum Gasteiger partial charge on any atom is 0.251 e. The van der Waals surface area contributed by atoms with E-state index in [2.05, 4.69) is 15.6 Å². The van der Waals surface area contributed by atoms with Crippen molar-refractivity contribution >= 4 is 34.9 Å². The van der Waals surface area contributed by atoms with Crippen LogP contribution in [-0.2, 0) is 0 Å². The summed E-state index contributed by atoms with van der Waals surface area (Å²) in [5.74, 6) is 0.629. The Labute approximate surface area is 209 Å². The summed E-state index contributed by atoms with van der Waals surface area (Å²) in [5.41, 5.74) is 9.09. The second kappa shape index (κ2) is 11.1. The summed E-state index contributed by atoms with van der Waals surface area (Å²) in [6.07, 6.45) is 4.59. The molecule has 1 aliphatic heterocycles. The van der Waals surface area contributed by atoms with Gasteiger partial charge in [0, 0.05) is 45.5 Å². The van der Waals surface area contributed by atoms with Crippen LogP contribution in [0.1, 0.15) is 48.2 Å². The van der Waals surface area contributed by atoms with Crippen molar-refractivity contribution in [2.24, 2.45) is 0 Å². The lowest BCUT2D eigenvalue weighted by atomic mass is 10.0. The molecular weight excluding hydrogens is 471 g/mol. The van der Waals surface area contributed by atoms with Gasteiger partial charge in [0.2, 0.25) is 0 Å². The van der Waals surface area contributed by atoms with Crippen molar-refractivity contribution < 1.29 is 9.53 Å². The third-order valence-electron chi connectivity index (χ3n) is 6.01. The number of hydrogen-bond donors (Lipinski definition) is 3. The predicted molar refractivity (Wildman–Crippen MR) is 138 cm³/mol. The Morgan fingerprint density at radius 2 is 1.94 bits per heavy atom. The number of ether oxygens (including phenoxy) is 1. The number of carbonyl (C=O) groups is 1. The van der Waals surface area contributed by atoms with Crippen LogP contribution in [0.5, 0.6) is 5.75 Å². The van der Waals surface area contributed by atoms with E-state index in [1.807, 2.05) is 37.3 Å². The first-order valence-electron chi connectivity index (χ1n) is 11.4. The highest BCUT2D eigenvalue weighted by atomic mass is 35.5. The van der Waals surface area contributed by atoms with Crippen molar-refractivity contribution in [2.45, 2.75) is 38.3 Å². The molecule has 0 aliphatic carbocycles. The van der Waals surface area contributed by atoms with Crippen LogP contribution in [0.25, 0.3) is 11.1 Å². The lowest BCUT2D eigenvalue weighted by Crippen LogP contribution is -2.30. The minimum atomic E-state index is -0.425. The fourth-order valence-electron chi connectivity index (χ4n) is 4.14. The smallest absolute Gasteiger partial charge is 0.251 e. The molecule has 4 N–H and O–H groups in total. The Bertz CT molecular complexity index is 1130. The van der Waals surface area contributed by atoms with Crippen LogP contribution in [0.15, 0.2) is 54.7 Å². The number of pyridine rings is 1. The number of anilines is 1. The number of nitrogens with zero attached hydrogens (tertiary/aromatic N) is 1. The van der Waals surface area contributed by atoms with Gasteiger partial charge in [-0.1, -0.05) is 41.4 Å². The highest BCUT2D eigenvalue weighted by Crippen LogP contribution is 2.35. The molecule has 34 heavy (non-hydrogen) atoms. The van der Waals surface area contributed by atoms with Gasteiger partial charge in [-0.3, -0.25) is 4.79 Å². The van der Waals surface area contributed by atoms with Gasteiger partial charge in [-0.2, -0.15) is 0 Å². The first kappa shape index (κ1) is 24.3. The Balaban J connectivity index is 1.43. The molecule has 2 unspecified atom stereocenters. The second-order valence-corrected chi connectivity index (χ2v) is 9.23. The number of benzene rings is 2. The van der Waals surface area contributed by atoms with Gasteiger partial charge in [-0.25, -0.2) is 4.98 Å². The van der Waals surface area contributed by atoms with Crippen molar-refractivity contribution in [3.63, 3.8) is 0 Å². The molecular formula is C26H28Cl2N4O2. The van der Waals surface area contributed by atoms with Gasteiger partial charge in [0.05, 0.1) is 0 Å². The molecule has 2 atom stereocenters. The molecule has 2 heterocycles. The van der Waals surface area contributed by atoms with Crippen molar-refractivity contribution in [1.29, 1.82) is 0 Å². The minimum Gasteiger partial charge on any atom is -0.482 e. The van der Waals surface area contributed by atoms with Crippen LogP contribution in [0.2, 0.25) is 10.0 Å². The molecule has 1 aliphatic rings. The predicted octanol–water partition coefficient (Wildman–Crippen LogP) is 5.65. The number of nitrogen functional groups attached to an aromatic ring is 1. The maximum atomic E-state index is 12.5. The van der Waals surface area contributed by atoms with Crippen molar-refractivity contribution in [1.82, 2.24) is 15.6 Å². The van der Waals surface area contributed by atoms with E-state index in [1.165, 1.54) is 12.8 Å². The Kier molecular flexibility index (Phi) is 7.93. The molecule has 0 bridgehead atoms. The second-order valence-electron chi connectivity index (χ2n) is 8.42. The molecule has 2 aromatic carbocycles. The Hall–Kier alpha value is -2.80. The van der Waals surface area contributed by atoms with Crippen LogP contribution < -0.4 is 21.1 Å². The number of hydrogen-bond acceptors (Lipinski definition) is 5. The summed E-state index contributed by atoms with van der Waals surface area (Å²) in [6.45, 7) is 3.59. The fourth-order valence-corrected chi connectivity index (χ4v) is 4.84.